The molecule has 4 rings (SSSR count). The summed E-state index contributed by atoms with van der Waals surface area (Å²) in [5.41, 5.74) is 13.2. The van der Waals surface area contributed by atoms with Gasteiger partial charge in [0.05, 0.1) is 17.5 Å². The molecule has 0 saturated heterocycles. The zero-order valence-electron chi connectivity index (χ0n) is 15.0. The van der Waals surface area contributed by atoms with E-state index in [2.05, 4.69) is 9.97 Å². The van der Waals surface area contributed by atoms with Gasteiger partial charge >= 0.3 is 0 Å². The highest BCUT2D eigenvalue weighted by atomic mass is 32.2. The summed E-state index contributed by atoms with van der Waals surface area (Å²) in [5, 5.41) is 0.378. The van der Waals surface area contributed by atoms with Crippen LogP contribution >= 0.6 is 11.8 Å². The third kappa shape index (κ3) is 3.72. The van der Waals surface area contributed by atoms with Gasteiger partial charge in [-0.3, -0.25) is 9.69 Å². The number of hydrogen-bond acceptors (Lipinski definition) is 7. The normalized spacial score (nSPS) is 15.6. The first kappa shape index (κ1) is 18.1. The molecule has 0 aliphatic carbocycles. The molecule has 0 bridgehead atoms. The van der Waals surface area contributed by atoms with Gasteiger partial charge < -0.3 is 16.2 Å². The van der Waals surface area contributed by atoms with Crippen LogP contribution < -0.4 is 21.1 Å². The van der Waals surface area contributed by atoms with Crippen molar-refractivity contribution >= 4 is 35.0 Å². The summed E-state index contributed by atoms with van der Waals surface area (Å²) in [7, 11) is 0. The summed E-state index contributed by atoms with van der Waals surface area (Å²) >= 11 is 1.21. The van der Waals surface area contributed by atoms with E-state index >= 15 is 0 Å². The van der Waals surface area contributed by atoms with E-state index in [1.54, 1.807) is 4.90 Å². The van der Waals surface area contributed by atoms with Crippen molar-refractivity contribution < 1.29 is 9.53 Å². The highest BCUT2D eigenvalue weighted by Gasteiger charge is 2.33. The molecule has 28 heavy (non-hydrogen) atoms. The molecule has 1 aromatic heterocycles. The highest BCUT2D eigenvalue weighted by molar-refractivity contribution is 7.99. The van der Waals surface area contributed by atoms with Gasteiger partial charge in [0.25, 0.3) is 0 Å². The average Bonchev–Trinajstić information content (AvgIpc) is 2.71. The monoisotopic (exact) mass is 393 g/mol. The average molecular weight is 393 g/mol. The fourth-order valence-corrected chi connectivity index (χ4v) is 3.87. The summed E-state index contributed by atoms with van der Waals surface area (Å²) < 4.78 is 5.91. The predicted octanol–water partition coefficient (Wildman–Crippen LogP) is 2.90. The van der Waals surface area contributed by atoms with Crippen LogP contribution in [0.4, 0.5) is 17.3 Å². The zero-order valence-corrected chi connectivity index (χ0v) is 15.8. The molecule has 3 aromatic rings. The van der Waals surface area contributed by atoms with E-state index in [0.29, 0.717) is 17.5 Å². The summed E-state index contributed by atoms with van der Waals surface area (Å²) in [6, 6.07) is 18.7. The molecule has 0 unspecified atom stereocenters. The SMILES string of the molecule is Nc1cc(N)nc(SCC(=O)N2c3ccccc3OC[C@@H]2c2ccccc2)n1. The van der Waals surface area contributed by atoms with Gasteiger partial charge in [-0.1, -0.05) is 54.2 Å². The van der Waals surface area contributed by atoms with Crippen LogP contribution in [0.25, 0.3) is 0 Å². The predicted molar refractivity (Wildman–Crippen MR) is 110 cm³/mol. The van der Waals surface area contributed by atoms with Crippen molar-refractivity contribution in [1.82, 2.24) is 9.97 Å². The number of benzene rings is 2. The maximum atomic E-state index is 13.2. The largest absolute Gasteiger partial charge is 0.489 e. The first-order valence-electron chi connectivity index (χ1n) is 8.73. The number of nitrogens with two attached hydrogens (primary N) is 2. The molecular weight excluding hydrogens is 374 g/mol. The Morgan fingerprint density at radius 2 is 1.75 bits per heavy atom. The number of anilines is 3. The Hall–Kier alpha value is -3.26. The highest BCUT2D eigenvalue weighted by Crippen LogP contribution is 2.39. The lowest BCUT2D eigenvalue weighted by molar-refractivity contribution is -0.117. The smallest absolute Gasteiger partial charge is 0.238 e. The number of ether oxygens (including phenoxy) is 1. The van der Waals surface area contributed by atoms with Gasteiger partial charge in [0.2, 0.25) is 5.91 Å². The topological polar surface area (TPSA) is 107 Å². The molecule has 2 heterocycles. The second kappa shape index (κ2) is 7.77. The van der Waals surface area contributed by atoms with E-state index < -0.39 is 0 Å². The standard InChI is InChI=1S/C20H19N5O2S/c21-17-10-18(22)24-20(23-17)28-12-19(26)25-14-8-4-5-9-16(14)27-11-15(25)13-6-2-1-3-7-13/h1-10,15H,11-12H2,(H4,21,22,23,24)/t15-/m1/s1. The maximum Gasteiger partial charge on any atom is 0.238 e. The molecule has 0 spiro atoms. The van der Waals surface area contributed by atoms with Crippen molar-refractivity contribution in [1.29, 1.82) is 0 Å². The van der Waals surface area contributed by atoms with Crippen LogP contribution in [0.1, 0.15) is 11.6 Å². The number of amides is 1. The minimum Gasteiger partial charge on any atom is -0.489 e. The molecule has 1 amide bonds. The van der Waals surface area contributed by atoms with E-state index in [1.165, 1.54) is 17.8 Å². The Kier molecular flexibility index (Phi) is 5.03. The molecule has 8 heteroatoms. The number of carbonyl (C=O) groups is 1. The van der Waals surface area contributed by atoms with Gasteiger partial charge in [0, 0.05) is 6.07 Å². The number of thioether (sulfide) groups is 1. The number of carbonyl (C=O) groups excluding carboxylic acids is 1. The molecule has 0 fully saturated rings. The van der Waals surface area contributed by atoms with Crippen molar-refractivity contribution in [3.63, 3.8) is 0 Å². The second-order valence-corrected chi connectivity index (χ2v) is 7.20. The van der Waals surface area contributed by atoms with E-state index in [9.17, 15) is 4.79 Å². The van der Waals surface area contributed by atoms with Crippen LogP contribution in [-0.2, 0) is 4.79 Å². The molecule has 0 saturated carbocycles. The number of aromatic nitrogens is 2. The van der Waals surface area contributed by atoms with Crippen LogP contribution in [0.2, 0.25) is 0 Å². The van der Waals surface area contributed by atoms with Gasteiger partial charge in [-0.25, -0.2) is 9.97 Å². The molecule has 142 valence electrons. The fourth-order valence-electron chi connectivity index (χ4n) is 3.14. The quantitative estimate of drug-likeness (QED) is 0.518. The molecule has 7 nitrogen and oxygen atoms in total. The van der Waals surface area contributed by atoms with Crippen LogP contribution in [0.15, 0.2) is 65.8 Å². The first-order valence-corrected chi connectivity index (χ1v) is 9.72. The van der Waals surface area contributed by atoms with Crippen LogP contribution in [0, 0.1) is 0 Å². The fraction of sp³-hybridized carbons (Fsp3) is 0.150. The molecule has 1 aliphatic rings. The molecule has 2 aromatic carbocycles. The van der Waals surface area contributed by atoms with Gasteiger partial charge in [-0.2, -0.15) is 0 Å². The lowest BCUT2D eigenvalue weighted by atomic mass is 10.0. The summed E-state index contributed by atoms with van der Waals surface area (Å²) in [6.45, 7) is 0.388. The number of nitrogen functional groups attached to an aromatic ring is 2. The summed E-state index contributed by atoms with van der Waals surface area (Å²) in [6.07, 6.45) is 0. The van der Waals surface area contributed by atoms with Gasteiger partial charge in [-0.05, 0) is 17.7 Å². The number of para-hydroxylation sites is 2. The van der Waals surface area contributed by atoms with E-state index in [1.807, 2.05) is 54.6 Å². The Morgan fingerprint density at radius 1 is 1.07 bits per heavy atom. The number of fused-ring (bicyclic) bond motifs is 1. The Morgan fingerprint density at radius 3 is 2.50 bits per heavy atom. The van der Waals surface area contributed by atoms with Gasteiger partial charge in [0.15, 0.2) is 5.16 Å². The Bertz CT molecular complexity index is 979. The van der Waals surface area contributed by atoms with E-state index in [-0.39, 0.29) is 29.3 Å². The third-order valence-electron chi connectivity index (χ3n) is 4.36. The second-order valence-electron chi connectivity index (χ2n) is 6.26. The summed E-state index contributed by atoms with van der Waals surface area (Å²) in [5.74, 6) is 1.33. The van der Waals surface area contributed by atoms with E-state index in [0.717, 1.165) is 11.3 Å². The zero-order chi connectivity index (χ0) is 19.5. The molecule has 4 N–H and O–H groups in total. The Labute approximate surface area is 166 Å². The van der Waals surface area contributed by atoms with Crippen molar-refractivity contribution in [2.75, 3.05) is 28.7 Å². The van der Waals surface area contributed by atoms with Crippen LogP contribution in [0.3, 0.4) is 0 Å². The van der Waals surface area contributed by atoms with Crippen molar-refractivity contribution in [3.8, 4) is 5.75 Å². The number of nitrogens with zero attached hydrogens (tertiary/aromatic N) is 3. The Balaban J connectivity index is 1.62. The minimum atomic E-state index is -0.212. The molecular formula is C20H19N5O2S. The van der Waals surface area contributed by atoms with Crippen molar-refractivity contribution in [3.05, 3.63) is 66.2 Å². The third-order valence-corrected chi connectivity index (χ3v) is 5.19. The van der Waals surface area contributed by atoms with Crippen molar-refractivity contribution in [2.45, 2.75) is 11.2 Å². The molecule has 0 radical (unpaired) electrons. The van der Waals surface area contributed by atoms with E-state index in [4.69, 9.17) is 16.2 Å². The van der Waals surface area contributed by atoms with Gasteiger partial charge in [0.1, 0.15) is 24.0 Å². The number of hydrogen-bond donors (Lipinski definition) is 2. The van der Waals surface area contributed by atoms with Crippen LogP contribution in [-0.4, -0.2) is 28.2 Å². The van der Waals surface area contributed by atoms with Gasteiger partial charge in [-0.15, -0.1) is 0 Å². The van der Waals surface area contributed by atoms with Crippen molar-refractivity contribution in [2.24, 2.45) is 0 Å². The van der Waals surface area contributed by atoms with Crippen LogP contribution in [0.5, 0.6) is 5.75 Å². The lowest BCUT2D eigenvalue weighted by Gasteiger charge is -2.37. The lowest BCUT2D eigenvalue weighted by Crippen LogP contribution is -2.42. The maximum absolute atomic E-state index is 13.2. The molecule has 1 aliphatic heterocycles. The molecule has 1 atom stereocenters. The number of rotatable bonds is 4. The first-order chi connectivity index (χ1) is 13.6. The minimum absolute atomic E-state index is 0.0702. The summed E-state index contributed by atoms with van der Waals surface area (Å²) in [4.78, 5) is 23.3.